The molecule has 0 aromatic heterocycles. The van der Waals surface area contributed by atoms with Gasteiger partial charge in [-0.2, -0.15) is 0 Å². The van der Waals surface area contributed by atoms with Crippen molar-refractivity contribution in [2.75, 3.05) is 22.5 Å². The maximum absolute atomic E-state index is 12.7. The molecule has 0 saturated carbocycles. The van der Waals surface area contributed by atoms with Crippen LogP contribution in [0.1, 0.15) is 10.4 Å². The summed E-state index contributed by atoms with van der Waals surface area (Å²) < 4.78 is 32.3. The van der Waals surface area contributed by atoms with Gasteiger partial charge in [-0.15, -0.1) is 0 Å². The molecule has 0 saturated heterocycles. The van der Waals surface area contributed by atoms with Crippen molar-refractivity contribution in [3.05, 3.63) is 82.3 Å². The molecule has 0 atom stereocenters. The fourth-order valence-electron chi connectivity index (χ4n) is 2.63. The van der Waals surface area contributed by atoms with Crippen LogP contribution in [-0.2, 0) is 14.8 Å². The molecule has 0 spiro atoms. The van der Waals surface area contributed by atoms with Crippen molar-refractivity contribution in [1.29, 1.82) is 0 Å². The fourth-order valence-corrected chi connectivity index (χ4v) is 4.44. The van der Waals surface area contributed by atoms with E-state index < -0.39 is 22.0 Å². The molecule has 0 aliphatic heterocycles. The van der Waals surface area contributed by atoms with E-state index >= 15 is 0 Å². The summed E-state index contributed by atoms with van der Waals surface area (Å²) in [5, 5.41) is 5.42. The van der Waals surface area contributed by atoms with Crippen LogP contribution in [0.3, 0.4) is 0 Å². The van der Waals surface area contributed by atoms with Gasteiger partial charge < -0.3 is 10.1 Å². The quantitative estimate of drug-likeness (QED) is 0.435. The predicted octanol–water partition coefficient (Wildman–Crippen LogP) is 5.22. The zero-order valence-corrected chi connectivity index (χ0v) is 18.9. The normalized spacial score (nSPS) is 10.8. The lowest BCUT2D eigenvalue weighted by atomic mass is 10.2. The number of halogens is 2. The van der Waals surface area contributed by atoms with Crippen molar-refractivity contribution in [3.8, 4) is 0 Å². The summed E-state index contributed by atoms with van der Waals surface area (Å²) in [7, 11) is -2.78. The van der Waals surface area contributed by atoms with E-state index in [0.717, 1.165) is 0 Å². The number of nitrogens with one attached hydrogen (secondary N) is 3. The van der Waals surface area contributed by atoms with Crippen molar-refractivity contribution < 1.29 is 22.7 Å². The number of sulfonamides is 1. The third-order valence-electron chi connectivity index (χ3n) is 4.13. The van der Waals surface area contributed by atoms with Gasteiger partial charge in [-0.05, 0) is 60.7 Å². The van der Waals surface area contributed by atoms with Gasteiger partial charge in [-0.25, -0.2) is 13.2 Å². The Kier molecular flexibility index (Phi) is 7.24. The second-order valence-corrected chi connectivity index (χ2v) is 8.90. The number of ether oxygens (including phenoxy) is 1. The molecule has 3 aromatic rings. The van der Waals surface area contributed by atoms with Crippen LogP contribution >= 0.6 is 23.2 Å². The topological polar surface area (TPSA) is 114 Å². The fraction of sp³-hybridized carbons (Fsp3) is 0.0476. The lowest BCUT2D eigenvalue weighted by Gasteiger charge is -2.11. The maximum atomic E-state index is 12.7. The number of amides is 2. The van der Waals surface area contributed by atoms with Gasteiger partial charge in [-0.1, -0.05) is 29.3 Å². The molecule has 8 nitrogen and oxygen atoms in total. The number of rotatable bonds is 6. The number of anilines is 3. The van der Waals surface area contributed by atoms with Gasteiger partial charge in [0.15, 0.2) is 0 Å². The molecule has 3 N–H and O–H groups in total. The molecule has 166 valence electrons. The molecule has 0 radical (unpaired) electrons. The van der Waals surface area contributed by atoms with Crippen LogP contribution in [-0.4, -0.2) is 27.5 Å². The van der Waals surface area contributed by atoms with Crippen LogP contribution in [0, 0.1) is 0 Å². The smallest absolute Gasteiger partial charge is 0.411 e. The van der Waals surface area contributed by atoms with Crippen molar-refractivity contribution >= 4 is 62.3 Å². The molecule has 11 heteroatoms. The zero-order valence-electron chi connectivity index (χ0n) is 16.6. The number of hydrogen-bond acceptors (Lipinski definition) is 5. The second-order valence-electron chi connectivity index (χ2n) is 6.41. The minimum absolute atomic E-state index is 0.0148. The van der Waals surface area contributed by atoms with Gasteiger partial charge in [0, 0.05) is 27.6 Å². The van der Waals surface area contributed by atoms with Crippen LogP contribution in [0.15, 0.2) is 71.6 Å². The van der Waals surface area contributed by atoms with Gasteiger partial charge >= 0.3 is 6.09 Å². The van der Waals surface area contributed by atoms with Crippen LogP contribution in [0.25, 0.3) is 0 Å². The number of methoxy groups -OCH3 is 1. The molecule has 3 rings (SSSR count). The van der Waals surface area contributed by atoms with E-state index in [1.165, 1.54) is 49.6 Å². The molecule has 0 unspecified atom stereocenters. The van der Waals surface area contributed by atoms with E-state index in [-0.39, 0.29) is 26.2 Å². The Morgan fingerprint density at radius 3 is 2.16 bits per heavy atom. The highest BCUT2D eigenvalue weighted by atomic mass is 35.5. The Morgan fingerprint density at radius 2 is 1.50 bits per heavy atom. The number of hydrogen-bond donors (Lipinski definition) is 3. The van der Waals surface area contributed by atoms with Crippen LogP contribution in [0.5, 0.6) is 0 Å². The molecule has 0 heterocycles. The Bertz CT molecular complexity index is 1260. The largest absolute Gasteiger partial charge is 0.453 e. The summed E-state index contributed by atoms with van der Waals surface area (Å²) >= 11 is 11.9. The molecule has 32 heavy (non-hydrogen) atoms. The van der Waals surface area contributed by atoms with Crippen molar-refractivity contribution in [3.63, 3.8) is 0 Å². The summed E-state index contributed by atoms with van der Waals surface area (Å²) in [5.74, 6) is -0.458. The molecule has 0 bridgehead atoms. The van der Waals surface area contributed by atoms with E-state index in [2.05, 4.69) is 20.1 Å². The molecule has 3 aromatic carbocycles. The van der Waals surface area contributed by atoms with E-state index in [0.29, 0.717) is 11.4 Å². The Balaban J connectivity index is 1.73. The van der Waals surface area contributed by atoms with Crippen LogP contribution < -0.4 is 15.4 Å². The minimum atomic E-state index is -4.03. The van der Waals surface area contributed by atoms with Crippen LogP contribution in [0.4, 0.5) is 21.9 Å². The van der Waals surface area contributed by atoms with Crippen molar-refractivity contribution in [1.82, 2.24) is 0 Å². The molecular weight excluding hydrogens is 477 g/mol. The summed E-state index contributed by atoms with van der Waals surface area (Å²) in [4.78, 5) is 23.6. The number of carbonyl (C=O) groups is 2. The summed E-state index contributed by atoms with van der Waals surface area (Å²) in [6.07, 6.45) is -0.611. The zero-order chi connectivity index (χ0) is 23.3. The molecule has 0 fully saturated rings. The monoisotopic (exact) mass is 493 g/mol. The molecule has 0 aliphatic carbocycles. The Morgan fingerprint density at radius 1 is 0.844 bits per heavy atom. The highest BCUT2D eigenvalue weighted by Crippen LogP contribution is 2.27. The van der Waals surface area contributed by atoms with Gasteiger partial charge in [0.05, 0.1) is 12.1 Å². The number of benzene rings is 3. The standard InChI is InChI=1S/C21H17Cl2N3O5S/c1-31-21(28)25-16-8-6-15(7-9-16)24-20(27)13-3-2-4-17(11-13)26-32(29,30)19-12-14(22)5-10-18(19)23/h2-12,26H,1H3,(H,24,27)(H,25,28). The lowest BCUT2D eigenvalue weighted by molar-refractivity contribution is 0.102. The first-order chi connectivity index (χ1) is 15.2. The first-order valence-electron chi connectivity index (χ1n) is 9.02. The molecule has 0 aliphatic rings. The van der Waals surface area contributed by atoms with Gasteiger partial charge in [-0.3, -0.25) is 14.8 Å². The van der Waals surface area contributed by atoms with Crippen molar-refractivity contribution in [2.45, 2.75) is 4.90 Å². The van der Waals surface area contributed by atoms with Gasteiger partial charge in [0.25, 0.3) is 15.9 Å². The third kappa shape index (κ3) is 5.91. The lowest BCUT2D eigenvalue weighted by Crippen LogP contribution is -2.15. The first-order valence-corrected chi connectivity index (χ1v) is 11.3. The van der Waals surface area contributed by atoms with E-state index in [9.17, 15) is 18.0 Å². The highest BCUT2D eigenvalue weighted by Gasteiger charge is 2.19. The average Bonchev–Trinajstić information content (AvgIpc) is 2.76. The maximum Gasteiger partial charge on any atom is 0.411 e. The SMILES string of the molecule is COC(=O)Nc1ccc(NC(=O)c2cccc(NS(=O)(=O)c3cc(Cl)ccc3Cl)c2)cc1. The average molecular weight is 494 g/mol. The summed E-state index contributed by atoms with van der Waals surface area (Å²) in [6.45, 7) is 0. The summed E-state index contributed by atoms with van der Waals surface area (Å²) in [5.41, 5.74) is 1.36. The van der Waals surface area contributed by atoms with Gasteiger partial charge in [0.2, 0.25) is 0 Å². The van der Waals surface area contributed by atoms with E-state index in [1.807, 2.05) is 0 Å². The van der Waals surface area contributed by atoms with Crippen molar-refractivity contribution in [2.24, 2.45) is 0 Å². The minimum Gasteiger partial charge on any atom is -0.453 e. The summed E-state index contributed by atoms with van der Waals surface area (Å²) in [6, 6.07) is 16.4. The number of carbonyl (C=O) groups excluding carboxylic acids is 2. The molecule has 2 amide bonds. The Hall–Kier alpha value is -3.27. The first kappa shape index (κ1) is 23.4. The second kappa shape index (κ2) is 9.90. The Labute approximate surface area is 194 Å². The van der Waals surface area contributed by atoms with E-state index in [1.54, 1.807) is 24.3 Å². The predicted molar refractivity (Wildman–Crippen MR) is 124 cm³/mol. The highest BCUT2D eigenvalue weighted by molar-refractivity contribution is 7.92. The molecular formula is C21H17Cl2N3O5S. The third-order valence-corrected chi connectivity index (χ3v) is 6.23. The van der Waals surface area contributed by atoms with Gasteiger partial charge in [0.1, 0.15) is 4.90 Å². The van der Waals surface area contributed by atoms with E-state index in [4.69, 9.17) is 23.2 Å². The van der Waals surface area contributed by atoms with Crippen LogP contribution in [0.2, 0.25) is 10.0 Å².